The Morgan fingerprint density at radius 3 is 1.29 bits per heavy atom. The molecule has 0 amide bonds. The second kappa shape index (κ2) is 51.4. The number of hydrogen-bond donors (Lipinski definition) is 3. The fraction of sp³-hybridized carbons (Fsp3) is 0.810. The van der Waals surface area contributed by atoms with Crippen molar-refractivity contribution in [3.8, 4) is 0 Å². The highest BCUT2D eigenvalue weighted by atomic mass is 16.7. The summed E-state index contributed by atoms with van der Waals surface area (Å²) in [7, 11) is 0. The molecule has 1 rings (SSSR count). The van der Waals surface area contributed by atoms with Crippen LogP contribution in [0.4, 0.5) is 0 Å². The third-order valence-corrected chi connectivity index (χ3v) is 13.9. The number of unbranched alkanes of at least 4 members (excludes halogenated alkanes) is 30. The van der Waals surface area contributed by atoms with Gasteiger partial charge in [0.1, 0.15) is 18.8 Å². The van der Waals surface area contributed by atoms with E-state index in [-0.39, 0.29) is 25.9 Å². The molecule has 0 bridgehead atoms. The molecule has 6 atom stereocenters. The quantitative estimate of drug-likeness (QED) is 0.0228. The number of carbonyl (C=O) groups is 4. The van der Waals surface area contributed by atoms with Crippen LogP contribution in [0.3, 0.4) is 0 Å². The van der Waals surface area contributed by atoms with Gasteiger partial charge in [0, 0.05) is 19.3 Å². The van der Waals surface area contributed by atoms with Gasteiger partial charge >= 0.3 is 23.9 Å². The molecule has 0 aromatic carbocycles. The second-order valence-electron chi connectivity index (χ2n) is 21.0. The van der Waals surface area contributed by atoms with Gasteiger partial charge < -0.3 is 39.0 Å². The number of aliphatic carboxylic acids is 1. The van der Waals surface area contributed by atoms with E-state index in [0.717, 1.165) is 96.3 Å². The minimum Gasteiger partial charge on any atom is -0.479 e. The van der Waals surface area contributed by atoms with E-state index in [1.165, 1.54) is 122 Å². The maximum absolute atomic E-state index is 13.1. The summed E-state index contributed by atoms with van der Waals surface area (Å²) < 4.78 is 28.5. The van der Waals surface area contributed by atoms with E-state index in [9.17, 15) is 34.5 Å². The number of ether oxygens (including phenoxy) is 5. The van der Waals surface area contributed by atoms with Gasteiger partial charge in [0.15, 0.2) is 24.6 Å². The summed E-state index contributed by atoms with van der Waals surface area (Å²) in [6.07, 6.45) is 49.3. The van der Waals surface area contributed by atoms with Crippen LogP contribution < -0.4 is 0 Å². The van der Waals surface area contributed by atoms with Gasteiger partial charge in [-0.3, -0.25) is 14.4 Å². The minimum absolute atomic E-state index is 0.0424. The lowest BCUT2D eigenvalue weighted by Gasteiger charge is -2.40. The lowest BCUT2D eigenvalue weighted by Crippen LogP contribution is -2.61. The lowest BCUT2D eigenvalue weighted by atomic mass is 9.98. The Balaban J connectivity index is 2.68. The van der Waals surface area contributed by atoms with Crippen LogP contribution in [0.2, 0.25) is 0 Å². The van der Waals surface area contributed by atoms with Crippen LogP contribution in [0, 0.1) is 0 Å². The van der Waals surface area contributed by atoms with Crippen LogP contribution in [-0.4, -0.2) is 89.2 Å². The first-order chi connectivity index (χ1) is 36.6. The van der Waals surface area contributed by atoms with Crippen molar-refractivity contribution in [1.29, 1.82) is 0 Å². The molecule has 1 heterocycles. The average molecular weight is 1060 g/mol. The van der Waals surface area contributed by atoms with E-state index in [0.29, 0.717) is 19.3 Å². The molecule has 0 aromatic rings. The van der Waals surface area contributed by atoms with Crippen molar-refractivity contribution < 1.29 is 58.2 Å². The first-order valence-electron chi connectivity index (χ1n) is 30.6. The molecule has 12 nitrogen and oxygen atoms in total. The van der Waals surface area contributed by atoms with Crippen LogP contribution in [0.25, 0.3) is 0 Å². The summed E-state index contributed by atoms with van der Waals surface area (Å²) in [6, 6.07) is 0. The molecular weight excluding hydrogens is 949 g/mol. The molecule has 434 valence electrons. The van der Waals surface area contributed by atoms with E-state index in [2.05, 4.69) is 69.4 Å². The SMILES string of the molecule is CC/C=C\C/C=C\C/C=C\CCCCCCCC(=O)OC1C(OCC(COC(=O)CCCCCCCCC/C=C\CCCCCCCC)OC(=O)CCCCCCCCCCCCCCC)OC(C(=O)O)C(O)C1O. The Kier molecular flexibility index (Phi) is 47.8. The first-order valence-corrected chi connectivity index (χ1v) is 30.6. The monoisotopic (exact) mass is 1060 g/mol. The van der Waals surface area contributed by atoms with Crippen molar-refractivity contribution >= 4 is 23.9 Å². The molecule has 0 radical (unpaired) electrons. The van der Waals surface area contributed by atoms with Gasteiger partial charge in [0.05, 0.1) is 6.61 Å². The van der Waals surface area contributed by atoms with Gasteiger partial charge in [-0.15, -0.1) is 0 Å². The van der Waals surface area contributed by atoms with E-state index in [1.54, 1.807) is 0 Å². The lowest BCUT2D eigenvalue weighted by molar-refractivity contribution is -0.301. The molecule has 75 heavy (non-hydrogen) atoms. The van der Waals surface area contributed by atoms with Crippen LogP contribution in [-0.2, 0) is 42.9 Å². The molecule has 1 fully saturated rings. The largest absolute Gasteiger partial charge is 0.479 e. The molecule has 0 saturated carbocycles. The zero-order chi connectivity index (χ0) is 54.7. The van der Waals surface area contributed by atoms with E-state index in [4.69, 9.17) is 23.7 Å². The molecule has 1 aliphatic heterocycles. The Morgan fingerprint density at radius 1 is 0.453 bits per heavy atom. The zero-order valence-corrected chi connectivity index (χ0v) is 47.8. The van der Waals surface area contributed by atoms with Crippen molar-refractivity contribution in [2.24, 2.45) is 0 Å². The van der Waals surface area contributed by atoms with Crippen LogP contribution in [0.15, 0.2) is 48.6 Å². The fourth-order valence-corrected chi connectivity index (χ4v) is 9.20. The molecule has 6 unspecified atom stereocenters. The maximum Gasteiger partial charge on any atom is 0.335 e. The van der Waals surface area contributed by atoms with Crippen molar-refractivity contribution in [3.05, 3.63) is 48.6 Å². The predicted molar refractivity (Wildman–Crippen MR) is 303 cm³/mol. The summed E-state index contributed by atoms with van der Waals surface area (Å²) in [6.45, 7) is 5.89. The van der Waals surface area contributed by atoms with Gasteiger partial charge in [-0.25, -0.2) is 4.79 Å². The Morgan fingerprint density at radius 2 is 0.840 bits per heavy atom. The van der Waals surface area contributed by atoms with Crippen molar-refractivity contribution in [3.63, 3.8) is 0 Å². The van der Waals surface area contributed by atoms with E-state index >= 15 is 0 Å². The molecular formula is C63H110O12. The van der Waals surface area contributed by atoms with Gasteiger partial charge in [0.2, 0.25) is 0 Å². The predicted octanol–water partition coefficient (Wildman–Crippen LogP) is 15.8. The summed E-state index contributed by atoms with van der Waals surface area (Å²) in [5.41, 5.74) is 0. The van der Waals surface area contributed by atoms with E-state index < -0.39 is 67.3 Å². The number of hydrogen-bond acceptors (Lipinski definition) is 11. The van der Waals surface area contributed by atoms with Crippen molar-refractivity contribution in [2.45, 2.75) is 314 Å². The van der Waals surface area contributed by atoms with E-state index in [1.807, 2.05) is 0 Å². The molecule has 1 saturated heterocycles. The number of aliphatic hydroxyl groups is 2. The number of allylic oxidation sites excluding steroid dienone is 8. The minimum atomic E-state index is -1.91. The molecule has 3 N–H and O–H groups in total. The molecule has 12 heteroatoms. The third kappa shape index (κ3) is 41.5. The maximum atomic E-state index is 13.1. The Labute approximate surface area is 456 Å². The van der Waals surface area contributed by atoms with Gasteiger partial charge in [-0.2, -0.15) is 0 Å². The standard InChI is InChI=1S/C63H110O12/c1-4-7-10-13-16-19-22-25-27-28-30-32-34-37-40-43-46-49-55(64)71-52-54(73-56(65)50-47-44-41-38-35-31-24-21-18-15-12-9-6-3)53-72-63-61(59(68)58(67)60(75-63)62(69)70)74-57(66)51-48-45-42-39-36-33-29-26-23-20-17-14-11-8-5-2/h8,11,17,20,25-27,29,54,58-61,63,67-68H,4-7,9-10,12-16,18-19,21-24,28,30-53H2,1-3H3,(H,69,70)/b11-8-,20-17-,27-25-,29-26-. The highest BCUT2D eigenvalue weighted by molar-refractivity contribution is 5.74. The van der Waals surface area contributed by atoms with Crippen molar-refractivity contribution in [1.82, 2.24) is 0 Å². The molecule has 0 aromatic heterocycles. The summed E-state index contributed by atoms with van der Waals surface area (Å²) in [5.74, 6) is -3.13. The number of carboxylic acid groups (broad SMARTS) is 1. The van der Waals surface area contributed by atoms with Crippen LogP contribution in [0.5, 0.6) is 0 Å². The number of carbonyl (C=O) groups excluding carboxylic acids is 3. The summed E-state index contributed by atoms with van der Waals surface area (Å²) in [5, 5.41) is 31.5. The second-order valence-corrected chi connectivity index (χ2v) is 21.0. The molecule has 1 aliphatic rings. The molecule has 0 spiro atoms. The number of carboxylic acids is 1. The third-order valence-electron chi connectivity index (χ3n) is 13.9. The van der Waals surface area contributed by atoms with Gasteiger partial charge in [-0.05, 0) is 77.0 Å². The smallest absolute Gasteiger partial charge is 0.335 e. The highest BCUT2D eigenvalue weighted by Crippen LogP contribution is 2.26. The highest BCUT2D eigenvalue weighted by Gasteiger charge is 2.50. The van der Waals surface area contributed by atoms with Gasteiger partial charge in [0.25, 0.3) is 0 Å². The topological polar surface area (TPSA) is 175 Å². The fourth-order valence-electron chi connectivity index (χ4n) is 9.20. The number of rotatable bonds is 52. The molecule has 0 aliphatic carbocycles. The normalized spacial score (nSPS) is 18.4. The zero-order valence-electron chi connectivity index (χ0n) is 47.8. The van der Waals surface area contributed by atoms with Crippen LogP contribution in [0.1, 0.15) is 278 Å². The Bertz CT molecular complexity index is 1490. The first kappa shape index (κ1) is 69.7. The number of esters is 3. The average Bonchev–Trinajstić information content (AvgIpc) is 3.39. The van der Waals surface area contributed by atoms with Crippen molar-refractivity contribution in [2.75, 3.05) is 13.2 Å². The Hall–Kier alpha value is -3.32. The van der Waals surface area contributed by atoms with Gasteiger partial charge in [-0.1, -0.05) is 230 Å². The summed E-state index contributed by atoms with van der Waals surface area (Å²) >= 11 is 0. The number of aliphatic hydroxyl groups excluding tert-OH is 2. The summed E-state index contributed by atoms with van der Waals surface area (Å²) in [4.78, 5) is 51.2. The van der Waals surface area contributed by atoms with Crippen LogP contribution >= 0.6 is 0 Å².